The van der Waals surface area contributed by atoms with E-state index in [1.54, 1.807) is 0 Å². The number of esters is 6. The molecule has 0 saturated heterocycles. The van der Waals surface area contributed by atoms with Crippen molar-refractivity contribution >= 4 is 35.8 Å². The van der Waals surface area contributed by atoms with Crippen LogP contribution in [0.1, 0.15) is 34.1 Å². The summed E-state index contributed by atoms with van der Waals surface area (Å²) in [5, 5.41) is 0. The van der Waals surface area contributed by atoms with Crippen LogP contribution in [0.25, 0.3) is 0 Å². The maximum atomic E-state index is 12.3. The van der Waals surface area contributed by atoms with Crippen LogP contribution in [0, 0.1) is 0 Å². The van der Waals surface area contributed by atoms with Gasteiger partial charge in [0.05, 0.1) is 0 Å². The highest BCUT2D eigenvalue weighted by Crippen LogP contribution is 2.07. The molecule has 0 rings (SSSR count). The highest BCUT2D eigenvalue weighted by Gasteiger charge is 2.25. The average Bonchev–Trinajstić information content (AvgIpc) is 2.80. The van der Waals surface area contributed by atoms with Gasteiger partial charge in [-0.05, 0) is 27.7 Å². The van der Waals surface area contributed by atoms with Crippen LogP contribution in [0.5, 0.6) is 0 Å². The molecule has 0 aromatic heterocycles. The van der Waals surface area contributed by atoms with Crippen molar-refractivity contribution in [2.75, 3.05) is 26.4 Å². The normalized spacial score (nSPS) is 10.1. The lowest BCUT2D eigenvalue weighted by Gasteiger charge is -2.20. The SMILES string of the molecule is C=C(C)C(=O)OCC(COC(=O)C(=C)C)OC(=O)CC(=O)OC(COC(=O)C(=C)C)COC(=O)C(=C)C. The number of rotatable bonds is 16. The molecule has 37 heavy (non-hydrogen) atoms. The van der Waals surface area contributed by atoms with Crippen LogP contribution in [0.4, 0.5) is 0 Å². The monoisotopic (exact) mass is 524 g/mol. The van der Waals surface area contributed by atoms with Gasteiger partial charge in [0.25, 0.3) is 0 Å². The molecule has 0 bridgehead atoms. The number of hydrogen-bond donors (Lipinski definition) is 0. The minimum Gasteiger partial charge on any atom is -0.458 e. The standard InChI is InChI=1S/C25H32O12/c1-14(2)22(28)32-10-18(11-33-23(29)15(3)4)36-20(26)9-21(27)37-19(12-34-24(30)16(5)6)13-35-25(31)17(7)8/h18-19H,1,3,5,7,9-13H2,2,4,6,8H3. The number of hydrogen-bond acceptors (Lipinski definition) is 12. The van der Waals surface area contributed by atoms with Crippen LogP contribution >= 0.6 is 0 Å². The Hall–Kier alpha value is -4.22. The Labute approximate surface area is 214 Å². The highest BCUT2D eigenvalue weighted by atomic mass is 16.6. The molecule has 0 atom stereocenters. The summed E-state index contributed by atoms with van der Waals surface area (Å²) in [7, 11) is 0. The molecule has 204 valence electrons. The molecule has 0 N–H and O–H groups in total. The summed E-state index contributed by atoms with van der Waals surface area (Å²) in [6, 6.07) is 0. The van der Waals surface area contributed by atoms with Crippen LogP contribution in [0.15, 0.2) is 48.6 Å². The smallest absolute Gasteiger partial charge is 0.333 e. The Bertz CT molecular complexity index is 823. The Kier molecular flexibility index (Phi) is 14.6. The first-order valence-corrected chi connectivity index (χ1v) is 10.8. The van der Waals surface area contributed by atoms with E-state index in [4.69, 9.17) is 28.4 Å². The molecule has 0 aromatic carbocycles. The van der Waals surface area contributed by atoms with E-state index in [1.165, 1.54) is 27.7 Å². The van der Waals surface area contributed by atoms with Crippen molar-refractivity contribution in [3.63, 3.8) is 0 Å². The molecule has 0 fully saturated rings. The van der Waals surface area contributed by atoms with Gasteiger partial charge in [-0.3, -0.25) is 9.59 Å². The predicted molar refractivity (Wildman–Crippen MR) is 127 cm³/mol. The molecule has 0 heterocycles. The van der Waals surface area contributed by atoms with Crippen LogP contribution in [0.2, 0.25) is 0 Å². The molecule has 0 aromatic rings. The summed E-state index contributed by atoms with van der Waals surface area (Å²) >= 11 is 0. The molecule has 12 heteroatoms. The van der Waals surface area contributed by atoms with Gasteiger partial charge in [0.15, 0.2) is 12.2 Å². The number of carbonyl (C=O) groups excluding carboxylic acids is 6. The molecule has 0 aliphatic carbocycles. The van der Waals surface area contributed by atoms with E-state index in [0.717, 1.165) is 0 Å². The minimum atomic E-state index is -1.25. The molecule has 0 aliphatic heterocycles. The Morgan fingerprint density at radius 2 is 0.703 bits per heavy atom. The maximum Gasteiger partial charge on any atom is 0.333 e. The van der Waals surface area contributed by atoms with E-state index in [9.17, 15) is 28.8 Å². The lowest BCUT2D eigenvalue weighted by molar-refractivity contribution is -0.173. The molecule has 0 amide bonds. The van der Waals surface area contributed by atoms with E-state index in [2.05, 4.69) is 26.3 Å². The first-order chi connectivity index (χ1) is 17.1. The van der Waals surface area contributed by atoms with Gasteiger partial charge in [0.1, 0.15) is 32.8 Å². The van der Waals surface area contributed by atoms with Crippen molar-refractivity contribution in [2.24, 2.45) is 0 Å². The summed E-state index contributed by atoms with van der Waals surface area (Å²) in [5.74, 6) is -5.31. The Morgan fingerprint density at radius 3 is 0.892 bits per heavy atom. The van der Waals surface area contributed by atoms with Crippen LogP contribution in [-0.4, -0.2) is 74.5 Å². The van der Waals surface area contributed by atoms with Crippen molar-refractivity contribution in [3.8, 4) is 0 Å². The molecular formula is C25H32O12. The van der Waals surface area contributed by atoms with E-state index >= 15 is 0 Å². The first-order valence-electron chi connectivity index (χ1n) is 10.8. The third-order valence-corrected chi connectivity index (χ3v) is 3.88. The van der Waals surface area contributed by atoms with E-state index in [1.807, 2.05) is 0 Å². The molecule has 0 spiro atoms. The summed E-state index contributed by atoms with van der Waals surface area (Å²) in [6.45, 7) is 17.3. The van der Waals surface area contributed by atoms with E-state index in [0.29, 0.717) is 0 Å². The fourth-order valence-corrected chi connectivity index (χ4v) is 1.97. The van der Waals surface area contributed by atoms with Gasteiger partial charge < -0.3 is 28.4 Å². The maximum absolute atomic E-state index is 12.3. The van der Waals surface area contributed by atoms with Gasteiger partial charge in [-0.1, -0.05) is 26.3 Å². The average molecular weight is 525 g/mol. The zero-order chi connectivity index (χ0) is 28.7. The second kappa shape index (κ2) is 16.5. The summed E-state index contributed by atoms with van der Waals surface area (Å²) in [4.78, 5) is 71.1. The van der Waals surface area contributed by atoms with Crippen molar-refractivity contribution in [3.05, 3.63) is 48.6 Å². The zero-order valence-electron chi connectivity index (χ0n) is 21.4. The van der Waals surface area contributed by atoms with Gasteiger partial charge in [-0.25, -0.2) is 19.2 Å². The molecule has 12 nitrogen and oxygen atoms in total. The van der Waals surface area contributed by atoms with Gasteiger partial charge in [-0.15, -0.1) is 0 Å². The van der Waals surface area contributed by atoms with Crippen molar-refractivity contribution in [1.29, 1.82) is 0 Å². The van der Waals surface area contributed by atoms with Gasteiger partial charge in [-0.2, -0.15) is 0 Å². The Balaban J connectivity index is 5.16. The summed E-state index contributed by atoms with van der Waals surface area (Å²) < 4.78 is 29.8. The highest BCUT2D eigenvalue weighted by molar-refractivity contribution is 5.91. The van der Waals surface area contributed by atoms with E-state index in [-0.39, 0.29) is 22.3 Å². The third-order valence-electron chi connectivity index (χ3n) is 3.88. The van der Waals surface area contributed by atoms with E-state index < -0.39 is 80.9 Å². The van der Waals surface area contributed by atoms with Crippen LogP contribution in [-0.2, 0) is 57.2 Å². The van der Waals surface area contributed by atoms with Gasteiger partial charge in [0.2, 0.25) is 0 Å². The molecule has 0 saturated carbocycles. The van der Waals surface area contributed by atoms with Crippen molar-refractivity contribution in [2.45, 2.75) is 46.3 Å². The predicted octanol–water partition coefficient (Wildman–Crippen LogP) is 1.68. The lowest BCUT2D eigenvalue weighted by Crippen LogP contribution is -2.34. The molecule has 0 aliphatic rings. The first kappa shape index (κ1) is 32.8. The third kappa shape index (κ3) is 14.7. The largest absolute Gasteiger partial charge is 0.458 e. The number of ether oxygens (including phenoxy) is 6. The molecule has 0 radical (unpaired) electrons. The van der Waals surface area contributed by atoms with Crippen LogP contribution < -0.4 is 0 Å². The number of carbonyl (C=O) groups is 6. The quantitative estimate of drug-likeness (QED) is 0.125. The lowest BCUT2D eigenvalue weighted by atomic mass is 10.3. The second-order valence-electron chi connectivity index (χ2n) is 7.92. The summed E-state index contributed by atoms with van der Waals surface area (Å²) in [5.41, 5.74) is 0.327. The van der Waals surface area contributed by atoms with Gasteiger partial charge >= 0.3 is 35.8 Å². The fourth-order valence-electron chi connectivity index (χ4n) is 1.97. The Morgan fingerprint density at radius 1 is 0.486 bits per heavy atom. The molecule has 0 unspecified atom stereocenters. The molecular weight excluding hydrogens is 492 g/mol. The van der Waals surface area contributed by atoms with Crippen LogP contribution in [0.3, 0.4) is 0 Å². The fraction of sp³-hybridized carbons (Fsp3) is 0.440. The summed E-state index contributed by atoms with van der Waals surface area (Å²) in [6.07, 6.45) is -3.43. The zero-order valence-corrected chi connectivity index (χ0v) is 21.4. The second-order valence-corrected chi connectivity index (χ2v) is 7.92. The van der Waals surface area contributed by atoms with Crippen molar-refractivity contribution < 1.29 is 57.2 Å². The van der Waals surface area contributed by atoms with Crippen molar-refractivity contribution in [1.82, 2.24) is 0 Å². The topological polar surface area (TPSA) is 158 Å². The minimum absolute atomic E-state index is 0.0818. The van der Waals surface area contributed by atoms with Gasteiger partial charge in [0, 0.05) is 22.3 Å².